The Labute approximate surface area is 116 Å². The van der Waals surface area contributed by atoms with Crippen LogP contribution in [0.25, 0.3) is 0 Å². The predicted octanol–water partition coefficient (Wildman–Crippen LogP) is 2.89. The highest BCUT2D eigenvalue weighted by Gasteiger charge is 2.25. The van der Waals surface area contributed by atoms with E-state index in [1.807, 2.05) is 0 Å². The first-order chi connectivity index (χ1) is 8.22. The molecule has 2 atom stereocenters. The Balaban J connectivity index is 2.18. The largest absolute Gasteiger partial charge is 0.329 e. The van der Waals surface area contributed by atoms with Crippen LogP contribution in [0.3, 0.4) is 0 Å². The van der Waals surface area contributed by atoms with Crippen molar-refractivity contribution in [1.29, 1.82) is 0 Å². The molecule has 1 aromatic carbocycles. The first-order valence-electron chi connectivity index (χ1n) is 6.02. The van der Waals surface area contributed by atoms with Gasteiger partial charge in [-0.2, -0.15) is 11.8 Å². The minimum Gasteiger partial charge on any atom is -0.329 e. The topological polar surface area (TPSA) is 29.3 Å². The van der Waals surface area contributed by atoms with Gasteiger partial charge in [0.15, 0.2) is 0 Å². The molecule has 17 heavy (non-hydrogen) atoms. The number of thioether (sulfide) groups is 1. The molecule has 1 heterocycles. The van der Waals surface area contributed by atoms with E-state index in [1.54, 1.807) is 0 Å². The number of nitrogens with zero attached hydrogens (tertiary/aromatic N) is 1. The van der Waals surface area contributed by atoms with Gasteiger partial charge in [-0.3, -0.25) is 4.90 Å². The molecular formula is C13H19BrN2S. The van der Waals surface area contributed by atoms with E-state index in [2.05, 4.69) is 63.8 Å². The molecule has 0 aliphatic carbocycles. The summed E-state index contributed by atoms with van der Waals surface area (Å²) in [5.74, 6) is 1.21. The maximum atomic E-state index is 5.98. The van der Waals surface area contributed by atoms with Crippen LogP contribution in [0.1, 0.15) is 18.5 Å². The smallest absolute Gasteiger partial charge is 0.0482 e. The molecule has 2 unspecified atom stereocenters. The van der Waals surface area contributed by atoms with E-state index < -0.39 is 0 Å². The Morgan fingerprint density at radius 2 is 2.29 bits per heavy atom. The van der Waals surface area contributed by atoms with Gasteiger partial charge in [0.05, 0.1) is 0 Å². The van der Waals surface area contributed by atoms with Gasteiger partial charge in [-0.15, -0.1) is 0 Å². The zero-order valence-electron chi connectivity index (χ0n) is 10.1. The molecule has 1 aromatic rings. The molecule has 94 valence electrons. The second-order valence-electron chi connectivity index (χ2n) is 4.45. The van der Waals surface area contributed by atoms with Crippen molar-refractivity contribution in [2.45, 2.75) is 18.2 Å². The molecule has 0 saturated carbocycles. The van der Waals surface area contributed by atoms with Gasteiger partial charge in [-0.25, -0.2) is 0 Å². The molecular weight excluding hydrogens is 296 g/mol. The highest BCUT2D eigenvalue weighted by atomic mass is 79.9. The van der Waals surface area contributed by atoms with Crippen molar-refractivity contribution in [2.75, 3.05) is 25.4 Å². The second-order valence-corrected chi connectivity index (χ2v) is 6.85. The van der Waals surface area contributed by atoms with Crippen LogP contribution in [0.15, 0.2) is 28.7 Å². The maximum absolute atomic E-state index is 5.98. The van der Waals surface area contributed by atoms with Crippen LogP contribution in [0, 0.1) is 0 Å². The van der Waals surface area contributed by atoms with E-state index in [9.17, 15) is 0 Å². The average Bonchev–Trinajstić information content (AvgIpc) is 2.33. The first kappa shape index (κ1) is 13.4. The fourth-order valence-electron chi connectivity index (χ4n) is 2.35. The summed E-state index contributed by atoms with van der Waals surface area (Å²) in [6.07, 6.45) is 0. The zero-order chi connectivity index (χ0) is 12.3. The van der Waals surface area contributed by atoms with Crippen LogP contribution >= 0.6 is 27.7 Å². The molecule has 0 amide bonds. The van der Waals surface area contributed by atoms with Gasteiger partial charge in [-0.05, 0) is 11.6 Å². The summed E-state index contributed by atoms with van der Waals surface area (Å²) >= 11 is 5.69. The minimum atomic E-state index is 0.342. The Morgan fingerprint density at radius 1 is 1.53 bits per heavy atom. The van der Waals surface area contributed by atoms with Gasteiger partial charge in [0.25, 0.3) is 0 Å². The third kappa shape index (κ3) is 3.25. The molecule has 4 heteroatoms. The Kier molecular flexibility index (Phi) is 4.91. The number of benzene rings is 1. The summed E-state index contributed by atoms with van der Waals surface area (Å²) in [5, 5.41) is 0.709. The molecule has 1 saturated heterocycles. The molecule has 0 aromatic heterocycles. The van der Waals surface area contributed by atoms with Crippen molar-refractivity contribution in [3.05, 3.63) is 34.3 Å². The zero-order valence-corrected chi connectivity index (χ0v) is 12.5. The number of nitrogens with two attached hydrogens (primary N) is 1. The van der Waals surface area contributed by atoms with Crippen molar-refractivity contribution in [3.8, 4) is 0 Å². The third-order valence-corrected chi connectivity index (χ3v) is 5.06. The SMILES string of the molecule is CC1CN(C(CN)c2ccccc2Br)CCS1. The lowest BCUT2D eigenvalue weighted by molar-refractivity contribution is 0.210. The summed E-state index contributed by atoms with van der Waals surface area (Å²) in [6.45, 7) is 5.25. The summed E-state index contributed by atoms with van der Waals surface area (Å²) in [6, 6.07) is 8.75. The van der Waals surface area contributed by atoms with E-state index >= 15 is 0 Å². The Morgan fingerprint density at radius 3 is 2.94 bits per heavy atom. The van der Waals surface area contributed by atoms with Gasteiger partial charge < -0.3 is 5.73 Å². The lowest BCUT2D eigenvalue weighted by Gasteiger charge is -2.37. The number of hydrogen-bond acceptors (Lipinski definition) is 3. The number of halogens is 1. The first-order valence-corrected chi connectivity index (χ1v) is 7.86. The van der Waals surface area contributed by atoms with Crippen molar-refractivity contribution >= 4 is 27.7 Å². The van der Waals surface area contributed by atoms with Crippen molar-refractivity contribution in [1.82, 2.24) is 4.90 Å². The lowest BCUT2D eigenvalue weighted by Crippen LogP contribution is -2.42. The van der Waals surface area contributed by atoms with E-state index in [0.29, 0.717) is 17.8 Å². The summed E-state index contributed by atoms with van der Waals surface area (Å²) in [4.78, 5) is 2.52. The average molecular weight is 315 g/mol. The fourth-order valence-corrected chi connectivity index (χ4v) is 3.93. The highest BCUT2D eigenvalue weighted by Crippen LogP contribution is 2.30. The van der Waals surface area contributed by atoms with Crippen LogP contribution in [0.5, 0.6) is 0 Å². The van der Waals surface area contributed by atoms with E-state index in [1.165, 1.54) is 15.8 Å². The highest BCUT2D eigenvalue weighted by molar-refractivity contribution is 9.10. The molecule has 2 N–H and O–H groups in total. The molecule has 0 spiro atoms. The molecule has 1 aliphatic heterocycles. The van der Waals surface area contributed by atoms with Crippen molar-refractivity contribution < 1.29 is 0 Å². The number of hydrogen-bond donors (Lipinski definition) is 1. The third-order valence-electron chi connectivity index (χ3n) is 3.20. The van der Waals surface area contributed by atoms with E-state index in [0.717, 1.165) is 13.1 Å². The molecule has 1 fully saturated rings. The lowest BCUT2D eigenvalue weighted by atomic mass is 10.1. The molecule has 2 nitrogen and oxygen atoms in total. The van der Waals surface area contributed by atoms with Gasteiger partial charge in [0, 0.05) is 41.2 Å². The van der Waals surface area contributed by atoms with Crippen LogP contribution in [0.2, 0.25) is 0 Å². The van der Waals surface area contributed by atoms with Gasteiger partial charge in [0.2, 0.25) is 0 Å². The number of rotatable bonds is 3. The maximum Gasteiger partial charge on any atom is 0.0482 e. The summed E-state index contributed by atoms with van der Waals surface area (Å²) in [5.41, 5.74) is 7.29. The van der Waals surface area contributed by atoms with E-state index in [-0.39, 0.29) is 0 Å². The molecule has 2 rings (SSSR count). The van der Waals surface area contributed by atoms with Crippen LogP contribution < -0.4 is 5.73 Å². The Hall–Kier alpha value is -0.0300. The minimum absolute atomic E-state index is 0.342. The quantitative estimate of drug-likeness (QED) is 0.930. The fraction of sp³-hybridized carbons (Fsp3) is 0.538. The second kappa shape index (κ2) is 6.23. The normalized spacial score (nSPS) is 23.6. The summed E-state index contributed by atoms with van der Waals surface area (Å²) in [7, 11) is 0. The standard InChI is InChI=1S/C13H19BrN2S/c1-10-9-16(6-7-17-10)13(8-15)11-4-2-3-5-12(11)14/h2-5,10,13H,6-9,15H2,1H3. The predicted molar refractivity (Wildman–Crippen MR) is 79.4 cm³/mol. The van der Waals surface area contributed by atoms with Gasteiger partial charge >= 0.3 is 0 Å². The molecule has 0 radical (unpaired) electrons. The summed E-state index contributed by atoms with van der Waals surface area (Å²) < 4.78 is 1.17. The van der Waals surface area contributed by atoms with Gasteiger partial charge in [0.1, 0.15) is 0 Å². The van der Waals surface area contributed by atoms with Crippen LogP contribution in [-0.2, 0) is 0 Å². The van der Waals surface area contributed by atoms with Crippen molar-refractivity contribution in [3.63, 3.8) is 0 Å². The van der Waals surface area contributed by atoms with Crippen LogP contribution in [-0.4, -0.2) is 35.5 Å². The Bertz CT molecular complexity index is 372. The van der Waals surface area contributed by atoms with Crippen molar-refractivity contribution in [2.24, 2.45) is 5.73 Å². The monoisotopic (exact) mass is 314 g/mol. The van der Waals surface area contributed by atoms with Gasteiger partial charge in [-0.1, -0.05) is 41.1 Å². The van der Waals surface area contributed by atoms with E-state index in [4.69, 9.17) is 5.73 Å². The van der Waals surface area contributed by atoms with Crippen LogP contribution in [0.4, 0.5) is 0 Å². The molecule has 1 aliphatic rings. The molecule has 0 bridgehead atoms.